The number of pyridine rings is 3. The molecule has 0 atom stereocenters. The zero-order chi connectivity index (χ0) is 52.8. The molecule has 7 aromatic carbocycles. The van der Waals surface area contributed by atoms with Gasteiger partial charge in [-0.1, -0.05) is 132 Å². The third kappa shape index (κ3) is 10.9. The van der Waals surface area contributed by atoms with Crippen LogP contribution in [-0.4, -0.2) is 15.0 Å². The first-order chi connectivity index (χ1) is 36.8. The summed E-state index contributed by atoms with van der Waals surface area (Å²) in [6.07, 6.45) is 7.82. The number of nitrogens with zero attached hydrogens (tertiary/aromatic N) is 5. The van der Waals surface area contributed by atoms with E-state index in [-0.39, 0.29) is 36.9 Å². The van der Waals surface area contributed by atoms with Gasteiger partial charge in [-0.15, -0.1) is 94.5 Å². The predicted molar refractivity (Wildman–Crippen MR) is 281 cm³/mol. The van der Waals surface area contributed by atoms with Crippen LogP contribution in [-0.2, 0) is 45.8 Å². The Hall–Kier alpha value is -8.38. The van der Waals surface area contributed by atoms with E-state index in [0.717, 1.165) is 93.3 Å². The molecule has 71 heavy (non-hydrogen) atoms. The molecule has 10 rings (SSSR count). The molecule has 0 radical (unpaired) electrons. The van der Waals surface area contributed by atoms with Crippen LogP contribution >= 0.6 is 0 Å². The molecule has 3 aromatic heterocycles. The fourth-order valence-corrected chi connectivity index (χ4v) is 8.83. The molecule has 0 aliphatic carbocycles. The van der Waals surface area contributed by atoms with Crippen molar-refractivity contribution in [1.82, 2.24) is 15.0 Å². The molecule has 0 bridgehead atoms. The van der Waals surface area contributed by atoms with Crippen LogP contribution in [0.4, 0.5) is 0 Å². The van der Waals surface area contributed by atoms with Gasteiger partial charge >= 0.3 is 20.1 Å². The average molecular weight is 1100 g/mol. The van der Waals surface area contributed by atoms with Crippen molar-refractivity contribution in [2.24, 2.45) is 0 Å². The van der Waals surface area contributed by atoms with E-state index in [1.165, 1.54) is 17.2 Å². The van der Waals surface area contributed by atoms with Crippen molar-refractivity contribution < 1.29 is 28.3 Å². The molecule has 0 aliphatic rings. The number of hydrogen-bond acceptors (Lipinski definition) is 5. The quantitative estimate of drug-likeness (QED) is 0.107. The maximum absolute atomic E-state index is 10.6. The minimum Gasteiger partial charge on any atom is -0.305 e. The summed E-state index contributed by atoms with van der Waals surface area (Å²) in [5, 5.41) is 20.1. The number of nitriles is 2. The van der Waals surface area contributed by atoms with E-state index >= 15 is 0 Å². The second kappa shape index (κ2) is 21.9. The van der Waals surface area contributed by atoms with Crippen molar-refractivity contribution >= 4 is 0 Å². The third-order valence-corrected chi connectivity index (χ3v) is 12.5. The average Bonchev–Trinajstić information content (AvgIpc) is 3.47. The molecule has 3 heterocycles. The van der Waals surface area contributed by atoms with Crippen molar-refractivity contribution in [3.8, 4) is 90.4 Å². The van der Waals surface area contributed by atoms with E-state index in [0.29, 0.717) is 33.4 Å². The van der Waals surface area contributed by atoms with Crippen molar-refractivity contribution in [1.29, 1.82) is 10.5 Å². The first-order valence-electron chi connectivity index (χ1n) is 26.0. The van der Waals surface area contributed by atoms with Gasteiger partial charge in [-0.25, -0.2) is 0 Å². The molecule has 0 saturated heterocycles. The number of hydrogen-bond donors (Lipinski definition) is 0. The summed E-state index contributed by atoms with van der Waals surface area (Å²) >= 11 is 0. The molecular weight excluding hydrogens is 1040 g/mol. The number of rotatable bonds is 13. The van der Waals surface area contributed by atoms with Gasteiger partial charge in [0.15, 0.2) is 0 Å². The van der Waals surface area contributed by atoms with E-state index in [4.69, 9.17) is 8.22 Å². The van der Waals surface area contributed by atoms with E-state index < -0.39 is 13.7 Å². The molecule has 340 valence electrons. The molecular formula is C65H46IrN5. The van der Waals surface area contributed by atoms with Gasteiger partial charge in [0.05, 0.1) is 23.3 Å². The molecule has 0 unspecified atom stereocenters. The Bertz CT molecular complexity index is 3690. The van der Waals surface area contributed by atoms with Crippen molar-refractivity contribution in [3.63, 3.8) is 0 Å². The van der Waals surface area contributed by atoms with Crippen LogP contribution in [0.2, 0.25) is 0 Å². The summed E-state index contributed by atoms with van der Waals surface area (Å²) in [6.45, 7) is -5.43. The van der Waals surface area contributed by atoms with Crippen LogP contribution in [0.15, 0.2) is 195 Å². The minimum absolute atomic E-state index is 0. The zero-order valence-electron chi connectivity index (χ0n) is 44.4. The minimum atomic E-state index is -2.73. The molecule has 0 amide bonds. The first kappa shape index (κ1) is 40.5. The predicted octanol–water partition coefficient (Wildman–Crippen LogP) is 14.9. The van der Waals surface area contributed by atoms with Gasteiger partial charge in [0.1, 0.15) is 0 Å². The molecule has 10 aromatic rings. The van der Waals surface area contributed by atoms with E-state index in [1.54, 1.807) is 24.5 Å². The Kier molecular flexibility index (Phi) is 12.5. The Morgan fingerprint density at radius 2 is 1.04 bits per heavy atom. The molecule has 0 spiro atoms. The fraction of sp³-hybridized carbons (Fsp3) is 0.0923. The van der Waals surface area contributed by atoms with Gasteiger partial charge in [0.25, 0.3) is 0 Å². The smallest absolute Gasteiger partial charge is 0.305 e. The van der Waals surface area contributed by atoms with Gasteiger partial charge in [0, 0.05) is 26.8 Å². The summed E-state index contributed by atoms with van der Waals surface area (Å²) in [4.78, 5) is 13.5. The van der Waals surface area contributed by atoms with Crippen molar-refractivity contribution in [2.45, 2.75) is 39.4 Å². The summed E-state index contributed by atoms with van der Waals surface area (Å²) in [6, 6.07) is 71.8. The van der Waals surface area contributed by atoms with Crippen LogP contribution in [0.3, 0.4) is 0 Å². The first-order valence-corrected chi connectivity index (χ1v) is 23.0. The van der Waals surface area contributed by atoms with E-state index in [2.05, 4.69) is 99.9 Å². The van der Waals surface area contributed by atoms with Crippen LogP contribution < -0.4 is 0 Å². The van der Waals surface area contributed by atoms with Gasteiger partial charge < -0.3 is 15.0 Å². The Labute approximate surface area is 438 Å². The monoisotopic (exact) mass is 1100 g/mol. The standard InChI is InChI=1S/C65H46N5.Ir/c1-44-35-65(70-43-45(44)2)55-30-32-61(62(40-55)54-29-31-58(57(39-54)42-67)51-23-21-48(41-66)22-24-51)60-10-4-3-9-59(60)56-37-49(15-13-46-17-25-52(26-18-46)63-11-5-7-33-68-63)36-50(38-56)16-14-47-19-27-53(28-20-47)64-12-6-8-34-69-64;/h3-12,17-25,27,29,31-40,43H,13-16H2,1-2H3;/q-3;+3/i1D3,2D3;. The SMILES string of the molecule is [2H]C([2H])([2H])c1cnc(-c2[c-]cc(-c3ccccc3-c3cc(CCc4c[c-]c(-c5ccccn5)cc4)cc(CCc4c[c-]c(-c5ccccn5)cc4)c3)c(-c3ccc(-c4ccc(C#N)cc4)c(C#N)c3)c2)cc1C([2H])([2H])[2H].[Ir+3]. The van der Waals surface area contributed by atoms with Gasteiger partial charge in [-0.05, 0) is 118 Å². The second-order valence-electron chi connectivity index (χ2n) is 17.1. The molecule has 0 fully saturated rings. The summed E-state index contributed by atoms with van der Waals surface area (Å²) in [7, 11) is 0. The Balaban J connectivity index is 0.00000722. The van der Waals surface area contributed by atoms with Crippen LogP contribution in [0.1, 0.15) is 52.7 Å². The topological polar surface area (TPSA) is 86.2 Å². The maximum Gasteiger partial charge on any atom is 3.00 e. The van der Waals surface area contributed by atoms with Crippen molar-refractivity contribution in [2.75, 3.05) is 0 Å². The van der Waals surface area contributed by atoms with Gasteiger partial charge in [0.2, 0.25) is 0 Å². The van der Waals surface area contributed by atoms with Crippen LogP contribution in [0, 0.1) is 54.6 Å². The molecule has 0 aliphatic heterocycles. The number of benzene rings is 7. The third-order valence-electron chi connectivity index (χ3n) is 12.5. The largest absolute Gasteiger partial charge is 3.00 e. The summed E-state index contributed by atoms with van der Waals surface area (Å²) in [5.41, 5.74) is 15.8. The molecule has 6 heteroatoms. The normalized spacial score (nSPS) is 12.4. The summed E-state index contributed by atoms with van der Waals surface area (Å²) < 4.78 is 49.1. The van der Waals surface area contributed by atoms with E-state index in [9.17, 15) is 10.5 Å². The Morgan fingerprint density at radius 1 is 0.437 bits per heavy atom. The number of aromatic nitrogens is 3. The fourth-order valence-electron chi connectivity index (χ4n) is 8.83. The van der Waals surface area contributed by atoms with Gasteiger partial charge in [-0.3, -0.25) is 0 Å². The number of aryl methyl sites for hydroxylation is 6. The zero-order valence-corrected chi connectivity index (χ0v) is 40.8. The van der Waals surface area contributed by atoms with Crippen molar-refractivity contribution in [3.05, 3.63) is 257 Å². The van der Waals surface area contributed by atoms with Crippen LogP contribution in [0.5, 0.6) is 0 Å². The molecule has 5 nitrogen and oxygen atoms in total. The Morgan fingerprint density at radius 3 is 1.62 bits per heavy atom. The second-order valence-corrected chi connectivity index (χ2v) is 17.1. The van der Waals surface area contributed by atoms with Gasteiger partial charge in [-0.2, -0.15) is 10.5 Å². The molecule has 0 saturated carbocycles. The maximum atomic E-state index is 10.6. The summed E-state index contributed by atoms with van der Waals surface area (Å²) in [5.74, 6) is 0. The van der Waals surface area contributed by atoms with Crippen LogP contribution in [0.25, 0.3) is 78.3 Å². The van der Waals surface area contributed by atoms with E-state index in [1.807, 2.05) is 103 Å². The molecule has 0 N–H and O–H groups in total.